The normalized spacial score (nSPS) is 10.6. The van der Waals surface area contributed by atoms with E-state index in [9.17, 15) is 4.79 Å². The molecule has 0 bridgehead atoms. The topological polar surface area (TPSA) is 54.0 Å². The third-order valence-electron chi connectivity index (χ3n) is 4.06. The predicted molar refractivity (Wildman–Crippen MR) is 107 cm³/mol. The Morgan fingerprint density at radius 3 is 2.58 bits per heavy atom. The molecule has 0 aliphatic heterocycles. The number of carbonyl (C=O) groups is 1. The van der Waals surface area contributed by atoms with E-state index >= 15 is 0 Å². The number of hydrogen-bond acceptors (Lipinski definition) is 4. The molecule has 0 saturated heterocycles. The first-order valence-electron chi connectivity index (χ1n) is 8.32. The fourth-order valence-corrected chi connectivity index (χ4v) is 3.46. The average Bonchev–Trinajstić information content (AvgIpc) is 3.16. The molecule has 0 saturated carbocycles. The maximum absolute atomic E-state index is 12.3. The fourth-order valence-electron chi connectivity index (χ4n) is 2.75. The van der Waals surface area contributed by atoms with E-state index in [0.29, 0.717) is 17.4 Å². The zero-order chi connectivity index (χ0) is 17.8. The third-order valence-corrected chi connectivity index (χ3v) is 4.82. The molecule has 0 unspecified atom stereocenters. The molecular formula is C21H17N3OS. The van der Waals surface area contributed by atoms with Gasteiger partial charge in [-0.2, -0.15) is 0 Å². The van der Waals surface area contributed by atoms with Gasteiger partial charge in [0.15, 0.2) is 5.13 Å². The zero-order valence-electron chi connectivity index (χ0n) is 14.0. The molecule has 0 aliphatic rings. The number of nitrogens with one attached hydrogen (secondary N) is 2. The lowest BCUT2D eigenvalue weighted by Gasteiger charge is -2.07. The maximum Gasteiger partial charge on any atom is 0.271 e. The van der Waals surface area contributed by atoms with Crippen molar-refractivity contribution in [3.63, 3.8) is 0 Å². The van der Waals surface area contributed by atoms with Crippen molar-refractivity contribution in [1.82, 2.24) is 10.3 Å². The summed E-state index contributed by atoms with van der Waals surface area (Å²) in [5.74, 6) is -0.170. The smallest absolute Gasteiger partial charge is 0.271 e. The van der Waals surface area contributed by atoms with Gasteiger partial charge >= 0.3 is 0 Å². The van der Waals surface area contributed by atoms with Crippen molar-refractivity contribution in [1.29, 1.82) is 0 Å². The van der Waals surface area contributed by atoms with E-state index in [1.165, 1.54) is 11.3 Å². The van der Waals surface area contributed by atoms with Gasteiger partial charge in [-0.15, -0.1) is 11.3 Å². The minimum absolute atomic E-state index is 0.170. The molecule has 2 N–H and O–H groups in total. The summed E-state index contributed by atoms with van der Waals surface area (Å²) in [4.78, 5) is 16.7. The lowest BCUT2D eigenvalue weighted by Crippen LogP contribution is -2.23. The van der Waals surface area contributed by atoms with Crippen LogP contribution in [0.2, 0.25) is 0 Å². The fraction of sp³-hybridized carbons (Fsp3) is 0.0476. The predicted octanol–water partition coefficient (Wildman–Crippen LogP) is 4.97. The van der Waals surface area contributed by atoms with E-state index in [4.69, 9.17) is 0 Å². The van der Waals surface area contributed by atoms with Crippen LogP contribution in [0.5, 0.6) is 0 Å². The van der Waals surface area contributed by atoms with E-state index in [1.807, 2.05) is 54.6 Å². The van der Waals surface area contributed by atoms with E-state index in [0.717, 1.165) is 22.0 Å². The highest BCUT2D eigenvalue weighted by Gasteiger charge is 2.11. The maximum atomic E-state index is 12.3. The first-order valence-corrected chi connectivity index (χ1v) is 9.20. The standard InChI is InChI=1S/C21H17N3OS/c25-20(22-13-15-7-2-1-3-8-15)19-14-26-21(24-19)23-18-12-6-10-16-9-4-5-11-17(16)18/h1-12,14H,13H2,(H,22,25)(H,23,24). The van der Waals surface area contributed by atoms with Gasteiger partial charge in [0.1, 0.15) is 5.69 Å². The number of aromatic nitrogens is 1. The first-order chi connectivity index (χ1) is 12.8. The van der Waals surface area contributed by atoms with E-state index in [2.05, 4.69) is 33.8 Å². The van der Waals surface area contributed by atoms with Crippen molar-refractivity contribution < 1.29 is 4.79 Å². The second-order valence-electron chi connectivity index (χ2n) is 5.86. The molecule has 0 radical (unpaired) electrons. The van der Waals surface area contributed by atoms with Crippen LogP contribution >= 0.6 is 11.3 Å². The lowest BCUT2D eigenvalue weighted by molar-refractivity contribution is 0.0946. The van der Waals surface area contributed by atoms with Crippen LogP contribution in [-0.4, -0.2) is 10.9 Å². The van der Waals surface area contributed by atoms with Crippen LogP contribution in [0.25, 0.3) is 10.8 Å². The van der Waals surface area contributed by atoms with Gasteiger partial charge in [0.2, 0.25) is 0 Å². The number of fused-ring (bicyclic) bond motifs is 1. The highest BCUT2D eigenvalue weighted by atomic mass is 32.1. The number of amides is 1. The molecular weight excluding hydrogens is 342 g/mol. The number of rotatable bonds is 5. The minimum Gasteiger partial charge on any atom is -0.347 e. The summed E-state index contributed by atoms with van der Waals surface area (Å²) in [6, 6.07) is 24.1. The molecule has 0 atom stereocenters. The largest absolute Gasteiger partial charge is 0.347 e. The van der Waals surface area contributed by atoms with Gasteiger partial charge in [-0.3, -0.25) is 4.79 Å². The van der Waals surface area contributed by atoms with Crippen LogP contribution < -0.4 is 10.6 Å². The Bertz CT molecular complexity index is 1040. The molecule has 26 heavy (non-hydrogen) atoms. The Morgan fingerprint density at radius 2 is 1.69 bits per heavy atom. The molecule has 1 heterocycles. The van der Waals surface area contributed by atoms with E-state index in [-0.39, 0.29) is 5.91 Å². The average molecular weight is 359 g/mol. The monoisotopic (exact) mass is 359 g/mol. The van der Waals surface area contributed by atoms with Crippen LogP contribution in [0.4, 0.5) is 10.8 Å². The number of carbonyl (C=O) groups excluding carboxylic acids is 1. The van der Waals surface area contributed by atoms with Gasteiger partial charge in [0.25, 0.3) is 5.91 Å². The molecule has 0 fully saturated rings. The minimum atomic E-state index is -0.170. The molecule has 1 amide bonds. The van der Waals surface area contributed by atoms with Crippen molar-refractivity contribution >= 4 is 38.8 Å². The Kier molecular flexibility index (Phi) is 4.62. The van der Waals surface area contributed by atoms with Gasteiger partial charge in [-0.05, 0) is 17.0 Å². The highest BCUT2D eigenvalue weighted by molar-refractivity contribution is 7.14. The Morgan fingerprint density at radius 1 is 0.923 bits per heavy atom. The molecule has 5 heteroatoms. The lowest BCUT2D eigenvalue weighted by atomic mass is 10.1. The van der Waals surface area contributed by atoms with Gasteiger partial charge in [0.05, 0.1) is 0 Å². The molecule has 4 nitrogen and oxygen atoms in total. The molecule has 128 valence electrons. The quantitative estimate of drug-likeness (QED) is 0.529. The first kappa shape index (κ1) is 16.3. The Hall–Kier alpha value is -3.18. The summed E-state index contributed by atoms with van der Waals surface area (Å²) in [7, 11) is 0. The van der Waals surface area contributed by atoms with Crippen molar-refractivity contribution in [2.24, 2.45) is 0 Å². The van der Waals surface area contributed by atoms with Crippen LogP contribution in [0.15, 0.2) is 78.2 Å². The van der Waals surface area contributed by atoms with Crippen LogP contribution in [0, 0.1) is 0 Å². The number of hydrogen-bond donors (Lipinski definition) is 2. The van der Waals surface area contributed by atoms with Crippen molar-refractivity contribution in [2.75, 3.05) is 5.32 Å². The Balaban J connectivity index is 1.46. The van der Waals surface area contributed by atoms with Gasteiger partial charge in [-0.1, -0.05) is 66.7 Å². The number of nitrogens with zero attached hydrogens (tertiary/aromatic N) is 1. The van der Waals surface area contributed by atoms with Crippen molar-refractivity contribution in [2.45, 2.75) is 6.54 Å². The van der Waals surface area contributed by atoms with E-state index in [1.54, 1.807) is 5.38 Å². The van der Waals surface area contributed by atoms with Gasteiger partial charge in [-0.25, -0.2) is 4.98 Å². The third kappa shape index (κ3) is 3.58. The van der Waals surface area contributed by atoms with E-state index < -0.39 is 0 Å². The van der Waals surface area contributed by atoms with Crippen molar-refractivity contribution in [3.05, 3.63) is 89.4 Å². The highest BCUT2D eigenvalue weighted by Crippen LogP contribution is 2.27. The molecule has 3 aromatic carbocycles. The van der Waals surface area contributed by atoms with Crippen LogP contribution in [0.1, 0.15) is 16.1 Å². The summed E-state index contributed by atoms with van der Waals surface area (Å²) in [6.07, 6.45) is 0. The summed E-state index contributed by atoms with van der Waals surface area (Å²) in [5, 5.41) is 11.0. The second-order valence-corrected chi connectivity index (χ2v) is 6.72. The summed E-state index contributed by atoms with van der Waals surface area (Å²) < 4.78 is 0. The van der Waals surface area contributed by atoms with Gasteiger partial charge in [0, 0.05) is 23.0 Å². The molecule has 4 rings (SSSR count). The SMILES string of the molecule is O=C(NCc1ccccc1)c1csc(Nc2cccc3ccccc23)n1. The number of thiazole rings is 1. The number of anilines is 2. The Labute approximate surface area is 155 Å². The molecule has 0 spiro atoms. The number of benzene rings is 3. The van der Waals surface area contributed by atoms with Crippen molar-refractivity contribution in [3.8, 4) is 0 Å². The summed E-state index contributed by atoms with van der Waals surface area (Å²) >= 11 is 1.42. The summed E-state index contributed by atoms with van der Waals surface area (Å²) in [5.41, 5.74) is 2.47. The molecule has 4 aromatic rings. The second kappa shape index (κ2) is 7.37. The summed E-state index contributed by atoms with van der Waals surface area (Å²) in [6.45, 7) is 0.489. The zero-order valence-corrected chi connectivity index (χ0v) is 14.8. The molecule has 0 aliphatic carbocycles. The van der Waals surface area contributed by atoms with Gasteiger partial charge < -0.3 is 10.6 Å². The van der Waals surface area contributed by atoms with Crippen LogP contribution in [-0.2, 0) is 6.54 Å². The molecule has 1 aromatic heterocycles. The van der Waals surface area contributed by atoms with Crippen LogP contribution in [0.3, 0.4) is 0 Å².